The summed E-state index contributed by atoms with van der Waals surface area (Å²) in [7, 11) is 1.78. The topological polar surface area (TPSA) is 69.6 Å². The minimum Gasteiger partial charge on any atom is -0.344 e. The summed E-state index contributed by atoms with van der Waals surface area (Å²) < 4.78 is 0. The van der Waals surface area contributed by atoms with Crippen molar-refractivity contribution in [1.29, 1.82) is 0 Å². The van der Waals surface area contributed by atoms with E-state index in [4.69, 9.17) is 0 Å². The number of nitrogens with zero attached hydrogens (tertiary/aromatic N) is 5. The number of urea groups is 1. The van der Waals surface area contributed by atoms with E-state index in [2.05, 4.69) is 9.97 Å². The number of fused-ring (bicyclic) bond motifs is 1. The van der Waals surface area contributed by atoms with Gasteiger partial charge in [0.25, 0.3) is 0 Å². The van der Waals surface area contributed by atoms with Crippen molar-refractivity contribution >= 4 is 36.0 Å². The molecule has 0 spiro atoms. The van der Waals surface area contributed by atoms with E-state index in [1.165, 1.54) is 4.90 Å². The van der Waals surface area contributed by atoms with Gasteiger partial charge in [0.1, 0.15) is 5.69 Å². The fourth-order valence-corrected chi connectivity index (χ4v) is 3.48. The van der Waals surface area contributed by atoms with Crippen LogP contribution >= 0.6 is 0 Å². The first kappa shape index (κ1) is 17.2. The molecule has 0 aliphatic carbocycles. The zero-order chi connectivity index (χ0) is 18.8. The second-order valence-corrected chi connectivity index (χ2v) is 6.69. The molecule has 138 valence electrons. The lowest BCUT2D eigenvalue weighted by atomic mass is 10.2. The predicted molar refractivity (Wildman–Crippen MR) is 104 cm³/mol. The Morgan fingerprint density at radius 3 is 2.59 bits per heavy atom. The molecule has 2 aliphatic heterocycles. The van der Waals surface area contributed by atoms with Crippen molar-refractivity contribution in [3.8, 4) is 0 Å². The van der Waals surface area contributed by atoms with Gasteiger partial charge in [-0.15, -0.1) is 0 Å². The molecule has 0 N–H and O–H groups in total. The monoisotopic (exact) mass is 363 g/mol. The number of carbonyl (C=O) groups excluding carboxylic acids is 2. The molecular weight excluding hydrogens is 342 g/mol. The van der Waals surface area contributed by atoms with E-state index in [0.29, 0.717) is 30.4 Å². The number of hydrogen-bond donors (Lipinski definition) is 0. The maximum Gasteiger partial charge on any atom is 0.327 e. The van der Waals surface area contributed by atoms with E-state index in [1.54, 1.807) is 23.0 Å². The number of amides is 2. The molecule has 7 heteroatoms. The van der Waals surface area contributed by atoms with Crippen LogP contribution in [0.1, 0.15) is 24.2 Å². The molecule has 1 aromatic carbocycles. The molecule has 1 fully saturated rings. The maximum atomic E-state index is 13.0. The zero-order valence-electron chi connectivity index (χ0n) is 15.2. The van der Waals surface area contributed by atoms with E-state index in [9.17, 15) is 9.59 Å². The van der Waals surface area contributed by atoms with E-state index < -0.39 is 6.17 Å². The van der Waals surface area contributed by atoms with Crippen molar-refractivity contribution in [1.82, 2.24) is 14.9 Å². The maximum absolute atomic E-state index is 13.0. The number of likely N-dealkylation sites (N-methyl/N-ethyl adjacent to an activating group) is 1. The second-order valence-electron chi connectivity index (χ2n) is 6.69. The molecule has 2 amide bonds. The Balaban J connectivity index is 1.67. The first-order chi connectivity index (χ1) is 13.2. The van der Waals surface area contributed by atoms with Crippen LogP contribution in [0.4, 0.5) is 16.3 Å². The average Bonchev–Trinajstić information content (AvgIpc) is 3.33. The van der Waals surface area contributed by atoms with Crippen LogP contribution in [0.3, 0.4) is 0 Å². The standard InChI is InChI=1S/C20H21N5O2/c1-23-16-13-21-17(10-9-15-7-3-2-4-8-15)22-19(16)25(18(23)14-26)20(27)24-11-5-6-12-24/h2-4,7-10,13-14,18H,5-6,11-12H2,1H3/b10-9+. The fraction of sp³-hybridized carbons (Fsp3) is 0.300. The van der Waals surface area contributed by atoms with Crippen molar-refractivity contribution < 1.29 is 9.59 Å². The number of carbonyl (C=O) groups is 2. The quantitative estimate of drug-likeness (QED) is 0.784. The third-order valence-electron chi connectivity index (χ3n) is 4.97. The summed E-state index contributed by atoms with van der Waals surface area (Å²) in [6.45, 7) is 1.43. The van der Waals surface area contributed by atoms with E-state index in [0.717, 1.165) is 24.7 Å². The summed E-state index contributed by atoms with van der Waals surface area (Å²) in [6, 6.07) is 9.69. The van der Waals surface area contributed by atoms with Crippen LogP contribution in [-0.4, -0.2) is 53.5 Å². The Kier molecular flexibility index (Phi) is 4.58. The lowest BCUT2D eigenvalue weighted by Gasteiger charge is -2.28. The molecule has 4 rings (SSSR count). The molecule has 0 radical (unpaired) electrons. The predicted octanol–water partition coefficient (Wildman–Crippen LogP) is 2.64. The Hall–Kier alpha value is -3.22. The number of hydrogen-bond acceptors (Lipinski definition) is 5. The van der Waals surface area contributed by atoms with Crippen LogP contribution in [-0.2, 0) is 4.79 Å². The number of rotatable bonds is 3. The molecule has 1 unspecified atom stereocenters. The van der Waals surface area contributed by atoms with Crippen molar-refractivity contribution in [2.75, 3.05) is 29.9 Å². The van der Waals surface area contributed by atoms with Gasteiger partial charge in [-0.1, -0.05) is 36.4 Å². The first-order valence-corrected chi connectivity index (χ1v) is 9.05. The van der Waals surface area contributed by atoms with E-state index in [1.807, 2.05) is 42.5 Å². The Morgan fingerprint density at radius 1 is 1.15 bits per heavy atom. The third kappa shape index (κ3) is 3.16. The number of benzene rings is 1. The molecular formula is C20H21N5O2. The number of likely N-dealkylation sites (tertiary alicyclic amines) is 1. The number of anilines is 2. The fourth-order valence-electron chi connectivity index (χ4n) is 3.48. The van der Waals surface area contributed by atoms with Crippen molar-refractivity contribution in [2.45, 2.75) is 19.0 Å². The van der Waals surface area contributed by atoms with Gasteiger partial charge >= 0.3 is 6.03 Å². The van der Waals surface area contributed by atoms with Gasteiger partial charge in [-0.3, -0.25) is 4.79 Å². The normalized spacial score (nSPS) is 19.0. The Morgan fingerprint density at radius 2 is 1.89 bits per heavy atom. The molecule has 1 aromatic heterocycles. The van der Waals surface area contributed by atoms with Gasteiger partial charge in [-0.25, -0.2) is 19.7 Å². The van der Waals surface area contributed by atoms with Gasteiger partial charge in [-0.05, 0) is 24.5 Å². The summed E-state index contributed by atoms with van der Waals surface area (Å²) >= 11 is 0. The van der Waals surface area contributed by atoms with Gasteiger partial charge < -0.3 is 9.80 Å². The first-order valence-electron chi connectivity index (χ1n) is 9.05. The van der Waals surface area contributed by atoms with Crippen molar-refractivity contribution in [2.24, 2.45) is 0 Å². The van der Waals surface area contributed by atoms with E-state index >= 15 is 0 Å². The summed E-state index contributed by atoms with van der Waals surface area (Å²) in [5.74, 6) is 0.978. The second kappa shape index (κ2) is 7.19. The Labute approximate surface area is 157 Å². The van der Waals surface area contributed by atoms with Crippen molar-refractivity contribution in [3.63, 3.8) is 0 Å². The highest BCUT2D eigenvalue weighted by molar-refractivity contribution is 6.02. The molecule has 1 atom stereocenters. The molecule has 2 aliphatic rings. The number of aldehydes is 1. The molecule has 27 heavy (non-hydrogen) atoms. The average molecular weight is 363 g/mol. The van der Waals surface area contributed by atoms with Crippen LogP contribution in [0.15, 0.2) is 36.5 Å². The van der Waals surface area contributed by atoms with E-state index in [-0.39, 0.29) is 6.03 Å². The highest BCUT2D eigenvalue weighted by atomic mass is 16.2. The highest BCUT2D eigenvalue weighted by Crippen LogP contribution is 2.37. The van der Waals surface area contributed by atoms with Gasteiger partial charge in [0, 0.05) is 20.1 Å². The molecule has 2 aromatic rings. The summed E-state index contributed by atoms with van der Waals surface area (Å²) in [6.07, 6.45) is 7.45. The van der Waals surface area contributed by atoms with Crippen LogP contribution < -0.4 is 9.80 Å². The summed E-state index contributed by atoms with van der Waals surface area (Å²) in [4.78, 5) is 38.6. The van der Waals surface area contributed by atoms with Crippen molar-refractivity contribution in [3.05, 3.63) is 47.9 Å². The lowest BCUT2D eigenvalue weighted by Crippen LogP contribution is -2.51. The summed E-state index contributed by atoms with van der Waals surface area (Å²) in [5, 5.41) is 0. The van der Waals surface area contributed by atoms with Crippen LogP contribution in [0.5, 0.6) is 0 Å². The SMILES string of the molecule is CN1c2cnc(/C=C/c3ccccc3)nc2N(C(=O)N2CCCC2)C1C=O. The lowest BCUT2D eigenvalue weighted by molar-refractivity contribution is -0.108. The smallest absolute Gasteiger partial charge is 0.327 e. The van der Waals surface area contributed by atoms with Crippen LogP contribution in [0.2, 0.25) is 0 Å². The highest BCUT2D eigenvalue weighted by Gasteiger charge is 2.41. The minimum absolute atomic E-state index is 0.174. The number of aromatic nitrogens is 2. The van der Waals surface area contributed by atoms with Gasteiger partial charge in [0.2, 0.25) is 0 Å². The Bertz CT molecular complexity index is 877. The summed E-state index contributed by atoms with van der Waals surface area (Å²) in [5.41, 5.74) is 1.71. The van der Waals surface area contributed by atoms with Crippen LogP contribution in [0, 0.1) is 0 Å². The molecule has 3 heterocycles. The zero-order valence-corrected chi connectivity index (χ0v) is 15.2. The molecule has 1 saturated heterocycles. The third-order valence-corrected chi connectivity index (χ3v) is 4.97. The largest absolute Gasteiger partial charge is 0.344 e. The van der Waals surface area contributed by atoms with Gasteiger partial charge in [0.15, 0.2) is 24.1 Å². The van der Waals surface area contributed by atoms with Crippen LogP contribution in [0.25, 0.3) is 12.2 Å². The molecule has 7 nitrogen and oxygen atoms in total. The molecule has 0 saturated carbocycles. The van der Waals surface area contributed by atoms with Gasteiger partial charge in [0.05, 0.1) is 6.20 Å². The van der Waals surface area contributed by atoms with Gasteiger partial charge in [-0.2, -0.15) is 0 Å². The minimum atomic E-state index is -0.698. The molecule has 0 bridgehead atoms.